The molecule has 0 atom stereocenters. The van der Waals surface area contributed by atoms with Gasteiger partial charge in [0.2, 0.25) is 0 Å². The van der Waals surface area contributed by atoms with Crippen LogP contribution < -0.4 is 0 Å². The molecule has 2 fully saturated rings. The Morgan fingerprint density at radius 2 is 1.05 bits per heavy atom. The first-order valence-electron chi connectivity index (χ1n) is 15.8. The molecule has 2 heteroatoms. The molecule has 0 amide bonds. The maximum Gasteiger partial charge on any atom is 0.270 e. The van der Waals surface area contributed by atoms with Crippen molar-refractivity contribution in [3.8, 4) is 0 Å². The molecule has 0 N–H and O–H groups in total. The van der Waals surface area contributed by atoms with Gasteiger partial charge >= 0.3 is 0 Å². The lowest BCUT2D eigenvalue weighted by Gasteiger charge is -2.31. The van der Waals surface area contributed by atoms with Gasteiger partial charge in [-0.25, -0.2) is 8.78 Å². The predicted octanol–water partition coefficient (Wildman–Crippen LogP) is 12.8. The fourth-order valence-corrected chi connectivity index (χ4v) is 6.08. The van der Waals surface area contributed by atoms with Crippen LogP contribution in [0.2, 0.25) is 0 Å². The van der Waals surface area contributed by atoms with Gasteiger partial charge in [0, 0.05) is 12.5 Å². The first-order valence-corrected chi connectivity index (χ1v) is 15.8. The Bertz CT molecular complexity index is 803. The van der Waals surface area contributed by atoms with Crippen LogP contribution >= 0.6 is 0 Å². The zero-order valence-corrected chi connectivity index (χ0v) is 27.8. The van der Waals surface area contributed by atoms with E-state index < -0.39 is 5.92 Å². The molecule has 226 valence electrons. The number of halogens is 2. The summed E-state index contributed by atoms with van der Waals surface area (Å²) < 4.78 is 25.8. The largest absolute Gasteiger partial charge is 0.270 e. The molecule has 0 heterocycles. The second-order valence-corrected chi connectivity index (χ2v) is 16.7. The van der Waals surface area contributed by atoms with E-state index in [-0.39, 0.29) is 11.0 Å². The Labute approximate surface area is 242 Å². The van der Waals surface area contributed by atoms with Gasteiger partial charge < -0.3 is 0 Å². The molecule has 3 rings (SSSR count). The molecule has 0 unspecified atom stereocenters. The normalized spacial score (nSPS) is 21.4. The molecular formula is C37H64F2. The van der Waals surface area contributed by atoms with Crippen molar-refractivity contribution in [3.63, 3.8) is 0 Å². The van der Waals surface area contributed by atoms with Gasteiger partial charge in [0.1, 0.15) is 0 Å². The van der Waals surface area contributed by atoms with E-state index >= 15 is 0 Å². The van der Waals surface area contributed by atoms with Crippen LogP contribution in [-0.4, -0.2) is 0 Å². The summed E-state index contributed by atoms with van der Waals surface area (Å²) >= 11 is 0. The van der Waals surface area contributed by atoms with E-state index in [1.165, 1.54) is 81.9 Å². The molecule has 0 nitrogen and oxygen atoms in total. The molecule has 2 aliphatic rings. The van der Waals surface area contributed by atoms with Crippen molar-refractivity contribution in [2.24, 2.45) is 34.0 Å². The highest BCUT2D eigenvalue weighted by molar-refractivity contribution is 5.26. The molecule has 0 bridgehead atoms. The van der Waals surface area contributed by atoms with Gasteiger partial charge in [0.15, 0.2) is 0 Å². The minimum absolute atomic E-state index is 0.0835. The molecule has 2 aliphatic carbocycles. The Morgan fingerprint density at radius 1 is 0.641 bits per heavy atom. The molecule has 1 aromatic carbocycles. The van der Waals surface area contributed by atoms with Crippen molar-refractivity contribution in [2.45, 2.75) is 153 Å². The van der Waals surface area contributed by atoms with Crippen LogP contribution in [-0.2, 0) is 12.3 Å². The van der Waals surface area contributed by atoms with Gasteiger partial charge in [-0.05, 0) is 84.5 Å². The first-order chi connectivity index (χ1) is 17.6. The molecule has 0 radical (unpaired) electrons. The average molecular weight is 547 g/mol. The maximum atomic E-state index is 12.9. The highest BCUT2D eigenvalue weighted by Gasteiger charge is 2.25. The van der Waals surface area contributed by atoms with Crippen molar-refractivity contribution in [1.29, 1.82) is 0 Å². The van der Waals surface area contributed by atoms with E-state index in [0.29, 0.717) is 10.8 Å². The third-order valence-electron chi connectivity index (χ3n) is 7.95. The SMILES string of the molecule is C=C1CCC(CC(C)(C)C)CC1.CC(C)(C)Cc1ccc(C(C)(F)F)cc1.CC1CCC(CC(C)(C)C)CC1. The fourth-order valence-electron chi connectivity index (χ4n) is 6.08. The zero-order chi connectivity index (χ0) is 30.1. The van der Waals surface area contributed by atoms with Crippen molar-refractivity contribution in [3.05, 3.63) is 47.5 Å². The molecule has 0 aliphatic heterocycles. The van der Waals surface area contributed by atoms with E-state index in [1.807, 2.05) is 0 Å². The van der Waals surface area contributed by atoms with Crippen LogP contribution in [0.25, 0.3) is 0 Å². The molecule has 0 spiro atoms. The summed E-state index contributed by atoms with van der Waals surface area (Å²) in [5, 5.41) is 0. The predicted molar refractivity (Wildman–Crippen MR) is 170 cm³/mol. The zero-order valence-electron chi connectivity index (χ0n) is 27.8. The number of alkyl halides is 2. The Balaban J connectivity index is 0.000000295. The van der Waals surface area contributed by atoms with Gasteiger partial charge in [-0.3, -0.25) is 0 Å². The lowest BCUT2D eigenvalue weighted by molar-refractivity contribution is 0.0174. The van der Waals surface area contributed by atoms with Crippen LogP contribution in [0, 0.1) is 34.0 Å². The van der Waals surface area contributed by atoms with E-state index in [2.05, 4.69) is 75.8 Å². The van der Waals surface area contributed by atoms with E-state index in [0.717, 1.165) is 36.7 Å². The van der Waals surface area contributed by atoms with Gasteiger partial charge in [-0.2, -0.15) is 0 Å². The number of hydrogen-bond acceptors (Lipinski definition) is 0. The summed E-state index contributed by atoms with van der Waals surface area (Å²) in [6, 6.07) is 6.61. The van der Waals surface area contributed by atoms with Crippen molar-refractivity contribution < 1.29 is 8.78 Å². The third kappa shape index (κ3) is 18.0. The second-order valence-electron chi connectivity index (χ2n) is 16.7. The van der Waals surface area contributed by atoms with Gasteiger partial charge in [-0.15, -0.1) is 0 Å². The highest BCUT2D eigenvalue weighted by Crippen LogP contribution is 2.37. The maximum absolute atomic E-state index is 12.9. The third-order valence-corrected chi connectivity index (χ3v) is 7.95. The van der Waals surface area contributed by atoms with Gasteiger partial charge in [0.25, 0.3) is 5.92 Å². The van der Waals surface area contributed by atoms with Crippen LogP contribution in [0.15, 0.2) is 36.4 Å². The number of rotatable bonds is 4. The molecular weight excluding hydrogens is 482 g/mol. The summed E-state index contributed by atoms with van der Waals surface area (Å²) in [4.78, 5) is 0. The Morgan fingerprint density at radius 3 is 1.41 bits per heavy atom. The van der Waals surface area contributed by atoms with Crippen LogP contribution in [0.1, 0.15) is 151 Å². The van der Waals surface area contributed by atoms with E-state index in [4.69, 9.17) is 0 Å². The Hall–Kier alpha value is -1.18. The topological polar surface area (TPSA) is 0 Å². The smallest absolute Gasteiger partial charge is 0.202 e. The summed E-state index contributed by atoms with van der Waals surface area (Å²) in [5.74, 6) is 0.262. The monoisotopic (exact) mass is 546 g/mol. The first kappa shape index (κ1) is 35.8. The average Bonchev–Trinajstić information content (AvgIpc) is 2.75. The summed E-state index contributed by atoms with van der Waals surface area (Å²) in [6.45, 7) is 27.9. The second kappa shape index (κ2) is 15.2. The lowest BCUT2D eigenvalue weighted by atomic mass is 9.75. The number of allylic oxidation sites excluding steroid dienone is 1. The van der Waals surface area contributed by atoms with Crippen LogP contribution in [0.5, 0.6) is 0 Å². The summed E-state index contributed by atoms with van der Waals surface area (Å²) in [6.07, 6.45) is 15.0. The molecule has 2 saturated carbocycles. The van der Waals surface area contributed by atoms with Gasteiger partial charge in [-0.1, -0.05) is 131 Å². The quantitative estimate of drug-likeness (QED) is 0.329. The molecule has 0 saturated heterocycles. The van der Waals surface area contributed by atoms with Crippen molar-refractivity contribution in [2.75, 3.05) is 0 Å². The highest BCUT2D eigenvalue weighted by atomic mass is 19.3. The standard InChI is InChI=1S/C13H18F2.C12H24.C12H22/c1-12(2,3)9-10-5-7-11(8-6-10)13(4,14)15;2*1-10-5-7-11(8-6-10)9-12(2,3)4/h5-8H,9H2,1-4H3;10-11H,5-9H2,1-4H3;11H,1,5-9H2,2-4H3. The molecule has 39 heavy (non-hydrogen) atoms. The minimum atomic E-state index is -2.74. The minimum Gasteiger partial charge on any atom is -0.202 e. The van der Waals surface area contributed by atoms with E-state index in [9.17, 15) is 8.78 Å². The van der Waals surface area contributed by atoms with Crippen LogP contribution in [0.4, 0.5) is 8.78 Å². The van der Waals surface area contributed by atoms with E-state index in [1.54, 1.807) is 12.1 Å². The molecule has 1 aromatic rings. The van der Waals surface area contributed by atoms with Crippen LogP contribution in [0.3, 0.4) is 0 Å². The number of hydrogen-bond donors (Lipinski definition) is 0. The summed E-state index contributed by atoms with van der Waals surface area (Å²) in [5.41, 5.74) is 3.92. The lowest BCUT2D eigenvalue weighted by Crippen LogP contribution is -2.18. The number of benzene rings is 1. The van der Waals surface area contributed by atoms with Crippen molar-refractivity contribution in [1.82, 2.24) is 0 Å². The van der Waals surface area contributed by atoms with Gasteiger partial charge in [0.05, 0.1) is 0 Å². The molecule has 0 aromatic heterocycles. The fraction of sp³-hybridized carbons (Fsp3) is 0.784. The summed E-state index contributed by atoms with van der Waals surface area (Å²) in [7, 11) is 0. The van der Waals surface area contributed by atoms with Crippen molar-refractivity contribution >= 4 is 0 Å². The Kier molecular flexibility index (Phi) is 13.9.